The van der Waals surface area contributed by atoms with Crippen LogP contribution in [-0.2, 0) is 18.8 Å². The molecule has 4 rings (SSSR count). The van der Waals surface area contributed by atoms with E-state index < -0.39 is 31.3 Å². The molecule has 2 amide bonds. The first kappa shape index (κ1) is 27.9. The molecule has 38 heavy (non-hydrogen) atoms. The molecule has 9 heteroatoms. The van der Waals surface area contributed by atoms with Gasteiger partial charge in [0.1, 0.15) is 5.70 Å². The summed E-state index contributed by atoms with van der Waals surface area (Å²) in [7, 11) is -3.21. The van der Waals surface area contributed by atoms with Crippen LogP contribution in [0, 0.1) is 5.92 Å². The number of hydrogen-bond donors (Lipinski definition) is 2. The third-order valence-corrected chi connectivity index (χ3v) is 12.9. The number of benzene rings is 2. The number of hydrogen-bond acceptors (Lipinski definition) is 6. The van der Waals surface area contributed by atoms with Crippen molar-refractivity contribution in [1.82, 2.24) is 10.2 Å². The van der Waals surface area contributed by atoms with Gasteiger partial charge in [-0.3, -0.25) is 9.59 Å². The number of aliphatic hydroxyl groups is 1. The number of nitrogens with zero attached hydrogens (tertiary/aromatic N) is 1. The smallest absolute Gasteiger partial charge is 0.343 e. The molecule has 0 radical (unpaired) electrons. The zero-order chi connectivity index (χ0) is 27.7. The van der Waals surface area contributed by atoms with Gasteiger partial charge in [0.05, 0.1) is 18.1 Å². The highest BCUT2D eigenvalue weighted by Crippen LogP contribution is 2.48. The van der Waals surface area contributed by atoms with Crippen LogP contribution in [-0.4, -0.2) is 48.3 Å². The summed E-state index contributed by atoms with van der Waals surface area (Å²) in [4.78, 5) is 40.8. The minimum atomic E-state index is -3.21. The largest absolute Gasteiger partial charge is 0.505 e. The number of β-lactam (4-membered cyclic amide) rings is 1. The molecule has 7 nitrogen and oxygen atoms in total. The van der Waals surface area contributed by atoms with Gasteiger partial charge in [0.15, 0.2) is 0 Å². The monoisotopic (exact) mass is 550 g/mol. The van der Waals surface area contributed by atoms with Crippen molar-refractivity contribution in [3.63, 3.8) is 0 Å². The van der Waals surface area contributed by atoms with E-state index in [-0.39, 0.29) is 23.6 Å². The Hall–Kier alpha value is -3.14. The number of amides is 2. The molecule has 0 spiro atoms. The molecule has 0 unspecified atom stereocenters. The Kier molecular flexibility index (Phi) is 8.01. The normalized spacial score (nSPS) is 20.3. The second-order valence-electron chi connectivity index (χ2n) is 10.7. The van der Waals surface area contributed by atoms with Crippen LogP contribution in [0.1, 0.15) is 41.0 Å². The second-order valence-corrected chi connectivity index (χ2v) is 15.9. The number of thioether (sulfide) groups is 1. The van der Waals surface area contributed by atoms with E-state index in [4.69, 9.17) is 4.43 Å². The lowest BCUT2D eigenvalue weighted by molar-refractivity contribution is -0.160. The average Bonchev–Trinajstić information content (AvgIpc) is 3.19. The molecule has 2 aromatic rings. The molecule has 0 bridgehead atoms. The number of carbonyl (C=O) groups is 3. The van der Waals surface area contributed by atoms with Crippen molar-refractivity contribution in [2.24, 2.45) is 5.92 Å². The molecule has 0 saturated carbocycles. The Morgan fingerprint density at radius 1 is 1.11 bits per heavy atom. The lowest BCUT2D eigenvalue weighted by atomic mass is 9.83. The zero-order valence-electron chi connectivity index (χ0n) is 22.3. The predicted molar refractivity (Wildman–Crippen MR) is 152 cm³/mol. The lowest BCUT2D eigenvalue weighted by Gasteiger charge is -2.46. The molecule has 2 aliphatic heterocycles. The molecular formula is C29H34N2O5SSi. The Bertz CT molecular complexity index is 1230. The highest BCUT2D eigenvalue weighted by Gasteiger charge is 2.59. The first-order chi connectivity index (χ1) is 18.0. The fourth-order valence-electron chi connectivity index (χ4n) is 5.43. The molecule has 2 aromatic carbocycles. The minimum Gasteiger partial charge on any atom is -0.505 e. The molecule has 1 saturated heterocycles. The number of rotatable bonds is 8. The summed E-state index contributed by atoms with van der Waals surface area (Å²) in [6.45, 7) is 9.27. The summed E-state index contributed by atoms with van der Waals surface area (Å²) >= 11 is 1.27. The van der Waals surface area contributed by atoms with Crippen molar-refractivity contribution < 1.29 is 23.9 Å². The summed E-state index contributed by atoms with van der Waals surface area (Å²) < 4.78 is 6.71. The molecule has 1 fully saturated rings. The van der Waals surface area contributed by atoms with Crippen LogP contribution in [0.4, 0.5) is 0 Å². The van der Waals surface area contributed by atoms with Crippen LogP contribution in [0.3, 0.4) is 0 Å². The van der Waals surface area contributed by atoms with Gasteiger partial charge in [-0.05, 0) is 27.7 Å². The van der Waals surface area contributed by atoms with Gasteiger partial charge in [-0.1, -0.05) is 93.2 Å². The first-order valence-corrected chi connectivity index (χ1v) is 15.4. The van der Waals surface area contributed by atoms with Crippen molar-refractivity contribution in [3.05, 3.63) is 82.9 Å². The summed E-state index contributed by atoms with van der Waals surface area (Å²) in [5.74, 6) is -1.60. The summed E-state index contributed by atoms with van der Waals surface area (Å²) in [6.07, 6.45) is 1.12. The van der Waals surface area contributed by atoms with E-state index in [9.17, 15) is 19.5 Å². The van der Waals surface area contributed by atoms with E-state index in [1.165, 1.54) is 29.8 Å². The highest BCUT2D eigenvalue weighted by molar-refractivity contribution is 8.05. The van der Waals surface area contributed by atoms with Crippen molar-refractivity contribution >= 4 is 48.2 Å². The third-order valence-electron chi connectivity index (χ3n) is 7.11. The van der Waals surface area contributed by atoms with E-state index in [1.807, 2.05) is 60.7 Å². The van der Waals surface area contributed by atoms with Crippen LogP contribution >= 0.6 is 11.8 Å². The molecule has 0 aliphatic carbocycles. The standard InChI is InChI=1S/C29H34N2O5SSi/c1-19(32)25-23-18-24(37-17-16-30-20(2)33)26(31(23)27(25)34)28(35)36-38(29(3,4)5,21-12-8-6-9-13-21)22-14-10-7-11-15-22/h6-17,19,23,25,32H,18H2,1-5H3,(H,30,33)/b17-16+/t19-,23+,25-/m0/s1. The quantitative estimate of drug-likeness (QED) is 0.387. The average molecular weight is 551 g/mol. The maximum Gasteiger partial charge on any atom is 0.343 e. The van der Waals surface area contributed by atoms with Crippen molar-refractivity contribution in [2.75, 3.05) is 0 Å². The maximum absolute atomic E-state index is 14.2. The number of aliphatic hydroxyl groups excluding tert-OH is 1. The lowest BCUT2D eigenvalue weighted by Crippen LogP contribution is -2.68. The van der Waals surface area contributed by atoms with Crippen molar-refractivity contribution in [3.8, 4) is 0 Å². The SMILES string of the molecule is CC(=O)N/C=C/SC1=C(C(=O)O[Si](c2ccccc2)(c2ccccc2)C(C)(C)C)N2C(=O)[C@@H]([C@H](C)O)[C@H]2C1. The van der Waals surface area contributed by atoms with E-state index in [2.05, 4.69) is 26.1 Å². The van der Waals surface area contributed by atoms with E-state index in [0.717, 1.165) is 10.4 Å². The Balaban J connectivity index is 1.79. The van der Waals surface area contributed by atoms with Crippen LogP contribution in [0.5, 0.6) is 0 Å². The van der Waals surface area contributed by atoms with E-state index >= 15 is 0 Å². The summed E-state index contributed by atoms with van der Waals surface area (Å²) in [6, 6.07) is 19.4. The first-order valence-electron chi connectivity index (χ1n) is 12.7. The van der Waals surface area contributed by atoms with Gasteiger partial charge in [-0.25, -0.2) is 4.79 Å². The summed E-state index contributed by atoms with van der Waals surface area (Å²) in [5.41, 5.74) is 0.224. The van der Waals surface area contributed by atoms with E-state index in [0.29, 0.717) is 11.3 Å². The van der Waals surface area contributed by atoms with Gasteiger partial charge < -0.3 is 19.7 Å². The Morgan fingerprint density at radius 3 is 2.13 bits per heavy atom. The topological polar surface area (TPSA) is 95.9 Å². The van der Waals surface area contributed by atoms with Gasteiger partial charge in [-0.15, -0.1) is 0 Å². The number of fused-ring (bicyclic) bond motifs is 1. The Morgan fingerprint density at radius 2 is 1.66 bits per heavy atom. The van der Waals surface area contributed by atoms with Crippen molar-refractivity contribution in [2.45, 2.75) is 58.2 Å². The number of carbonyl (C=O) groups excluding carboxylic acids is 3. The van der Waals surface area contributed by atoms with Gasteiger partial charge >= 0.3 is 14.3 Å². The van der Waals surface area contributed by atoms with Gasteiger partial charge in [0.2, 0.25) is 11.8 Å². The molecule has 2 N–H and O–H groups in total. The predicted octanol–water partition coefficient (Wildman–Crippen LogP) is 3.25. The van der Waals surface area contributed by atoms with Gasteiger partial charge in [-0.2, -0.15) is 0 Å². The molecular weight excluding hydrogens is 516 g/mol. The summed E-state index contributed by atoms with van der Waals surface area (Å²) in [5, 5.41) is 16.0. The number of nitrogens with one attached hydrogen (secondary N) is 1. The third kappa shape index (κ3) is 4.98. The molecule has 2 heterocycles. The minimum absolute atomic E-state index is 0.207. The fraction of sp³-hybridized carbons (Fsp3) is 0.345. The molecule has 0 aromatic heterocycles. The molecule has 200 valence electrons. The zero-order valence-corrected chi connectivity index (χ0v) is 24.1. The van der Waals surface area contributed by atoms with Crippen LogP contribution in [0.15, 0.2) is 82.9 Å². The Labute approximate surface area is 229 Å². The van der Waals surface area contributed by atoms with E-state index in [1.54, 1.807) is 12.3 Å². The van der Waals surface area contributed by atoms with Gasteiger partial charge in [0.25, 0.3) is 0 Å². The fourth-order valence-corrected chi connectivity index (χ4v) is 10.6. The molecule has 2 aliphatic rings. The van der Waals surface area contributed by atoms with Crippen LogP contribution in [0.25, 0.3) is 0 Å². The van der Waals surface area contributed by atoms with Crippen LogP contribution < -0.4 is 15.7 Å². The maximum atomic E-state index is 14.2. The van der Waals surface area contributed by atoms with Gasteiger partial charge in [0, 0.05) is 24.4 Å². The molecule has 3 atom stereocenters. The highest BCUT2D eigenvalue weighted by atomic mass is 32.2. The van der Waals surface area contributed by atoms with Crippen LogP contribution in [0.2, 0.25) is 5.04 Å². The van der Waals surface area contributed by atoms with Crippen molar-refractivity contribution in [1.29, 1.82) is 0 Å². The second kappa shape index (κ2) is 10.9.